The molecule has 5 aliphatic rings. The summed E-state index contributed by atoms with van der Waals surface area (Å²) in [5.74, 6) is -6.34. The third kappa shape index (κ3) is 12.4. The van der Waals surface area contributed by atoms with Gasteiger partial charge in [-0.05, 0) is 6.42 Å². The number of nitrogens with two attached hydrogens (primary N) is 2. The Labute approximate surface area is 390 Å². The number of carbonyl (C=O) groups is 1. The van der Waals surface area contributed by atoms with Crippen molar-refractivity contribution in [3.8, 4) is 0 Å². The third-order valence-corrected chi connectivity index (χ3v) is 13.1. The summed E-state index contributed by atoms with van der Waals surface area (Å²) in [6, 6.07) is -3.23. The molecule has 5 rings (SSSR count). The van der Waals surface area contributed by atoms with Crippen molar-refractivity contribution in [3.63, 3.8) is 0 Å². The average Bonchev–Trinajstić information content (AvgIpc) is 3.32. The third-order valence-electron chi connectivity index (χ3n) is 13.1. The van der Waals surface area contributed by atoms with Crippen LogP contribution in [0.15, 0.2) is 0 Å². The molecule has 0 aromatic heterocycles. The highest BCUT2D eigenvalue weighted by molar-refractivity contribution is 5.76. The first kappa shape index (κ1) is 57.3. The Bertz CT molecular complexity index is 1530. The molecule has 5 aliphatic heterocycles. The van der Waals surface area contributed by atoms with Crippen LogP contribution in [0.4, 0.5) is 0 Å². The van der Waals surface area contributed by atoms with Gasteiger partial charge >= 0.3 is 5.97 Å². The van der Waals surface area contributed by atoms with Crippen LogP contribution in [0.5, 0.6) is 0 Å². The summed E-state index contributed by atoms with van der Waals surface area (Å²) in [5, 5.41) is 160. The molecule has 5 fully saturated rings. The van der Waals surface area contributed by atoms with Crippen molar-refractivity contribution in [2.24, 2.45) is 17.4 Å². The summed E-state index contributed by atoms with van der Waals surface area (Å²) in [5.41, 5.74) is 12.2. The van der Waals surface area contributed by atoms with Crippen LogP contribution in [0.1, 0.15) is 46.0 Å². The van der Waals surface area contributed by atoms with E-state index in [0.29, 0.717) is 6.42 Å². The fourth-order valence-corrected chi connectivity index (χ4v) is 8.87. The van der Waals surface area contributed by atoms with Crippen molar-refractivity contribution < 1.29 is 129 Å². The average molecular weight is 997 g/mol. The zero-order valence-corrected chi connectivity index (χ0v) is 37.6. The van der Waals surface area contributed by atoms with Crippen molar-refractivity contribution in [3.05, 3.63) is 0 Å². The van der Waals surface area contributed by atoms with Crippen LogP contribution in [0, 0.1) is 5.92 Å². The molecule has 28 nitrogen and oxygen atoms in total. The number of hydrogen-bond acceptors (Lipinski definition) is 27. The maximum Gasteiger partial charge on any atom is 0.364 e. The molecule has 0 bridgehead atoms. The molecular formula is C40H72N2O26. The van der Waals surface area contributed by atoms with Gasteiger partial charge in [-0.3, -0.25) is 0 Å². The van der Waals surface area contributed by atoms with Crippen molar-refractivity contribution in [2.75, 3.05) is 39.6 Å². The quantitative estimate of drug-likeness (QED) is 0.0448. The van der Waals surface area contributed by atoms with Crippen LogP contribution in [0.3, 0.4) is 0 Å². The lowest BCUT2D eigenvalue weighted by Gasteiger charge is -2.52. The van der Waals surface area contributed by atoms with Gasteiger partial charge in [0.05, 0.1) is 57.3 Å². The summed E-state index contributed by atoms with van der Waals surface area (Å²) in [6.07, 6.45) is -37.1. The summed E-state index contributed by atoms with van der Waals surface area (Å²) in [6.45, 7) is -1.05. The lowest BCUT2D eigenvalue weighted by molar-refractivity contribution is -0.401. The monoisotopic (exact) mass is 996 g/mol. The standard InChI is InChI=1S/C40H72N2O26/c1-3-4-5-6-7-59-37-28(55)33(26(53)19(12-46)62-37)66-35-14(2)30(25(52)18(11-45)60-35)64-38-29(56)34(31(20(13-47)63-38)65-36-22(42)27(54)24(51)17(10-44)61-36)68-40(39(57)58)8-15(48)21(41)32(67-40)23(50)16(49)9-43/h14-38,43-56H,3-13,41-42H2,1-2H3,(H,57,58)/t14-,15-,16+,17?,18?,19?,20?,21-,22-,23+,24-,25+,26-,27+,28-,29?,30+,31-,32?,33-,34?,35?,36?,37?,38-,40+/m0/s1. The lowest BCUT2D eigenvalue weighted by Crippen LogP contribution is -2.71. The normalized spacial score (nSPS) is 46.8. The van der Waals surface area contributed by atoms with Crippen LogP contribution < -0.4 is 11.5 Å². The second-order valence-electron chi connectivity index (χ2n) is 17.8. The minimum absolute atomic E-state index is 0.154. The summed E-state index contributed by atoms with van der Waals surface area (Å²) in [4.78, 5) is 13.2. The van der Waals surface area contributed by atoms with Crippen molar-refractivity contribution in [1.29, 1.82) is 0 Å². The van der Waals surface area contributed by atoms with Crippen LogP contribution >= 0.6 is 0 Å². The SMILES string of the molecule is CCCCCCOC1OC(CO)[C@H](O)[C@H](OC2OC(CO)[C@@H](O)[C@H](O[C@@H]3OC(CO)[C@H](OC4OC(CO)[C@H](O)[C@H](O)[C@@H]4N)C(O[C@@]4(C(=O)O)C[C@H](O)[C@H](N)C([C@H](O)[C@H](O)CO)O4)C3O)[C@@H]2C)[C@@H]1O. The van der Waals surface area contributed by atoms with Gasteiger partial charge in [0.25, 0.3) is 5.79 Å². The lowest BCUT2D eigenvalue weighted by atomic mass is 9.88. The van der Waals surface area contributed by atoms with Crippen LogP contribution in [-0.4, -0.2) is 275 Å². The van der Waals surface area contributed by atoms with E-state index < -0.39 is 204 Å². The minimum atomic E-state index is -3.13. The van der Waals surface area contributed by atoms with Gasteiger partial charge < -0.3 is 135 Å². The van der Waals surface area contributed by atoms with Crippen LogP contribution in [0.25, 0.3) is 0 Å². The van der Waals surface area contributed by atoms with Crippen molar-refractivity contribution in [2.45, 2.75) is 199 Å². The highest BCUT2D eigenvalue weighted by atomic mass is 16.8. The van der Waals surface area contributed by atoms with Gasteiger partial charge in [-0.25, -0.2) is 4.79 Å². The Hall–Kier alpha value is -1.57. The number of carboxylic acids is 1. The van der Waals surface area contributed by atoms with E-state index in [1.807, 2.05) is 6.92 Å². The van der Waals surface area contributed by atoms with Gasteiger partial charge in [0.15, 0.2) is 25.2 Å². The second kappa shape index (κ2) is 25.4. The molecule has 28 heteroatoms. The van der Waals surface area contributed by atoms with E-state index in [4.69, 9.17) is 58.8 Å². The molecule has 26 atom stereocenters. The number of ether oxygens (including phenoxy) is 10. The highest BCUT2D eigenvalue weighted by Crippen LogP contribution is 2.41. The Morgan fingerprint density at radius 2 is 1.16 bits per heavy atom. The van der Waals surface area contributed by atoms with E-state index in [1.165, 1.54) is 6.92 Å². The van der Waals surface area contributed by atoms with E-state index in [2.05, 4.69) is 0 Å². The molecule has 10 unspecified atom stereocenters. The molecule has 0 aromatic carbocycles. The van der Waals surface area contributed by atoms with Gasteiger partial charge in [-0.1, -0.05) is 33.1 Å². The van der Waals surface area contributed by atoms with Crippen LogP contribution in [-0.2, 0) is 52.2 Å². The summed E-state index contributed by atoms with van der Waals surface area (Å²) >= 11 is 0. The zero-order chi connectivity index (χ0) is 50.4. The number of rotatable bonds is 22. The Morgan fingerprint density at radius 1 is 0.632 bits per heavy atom. The van der Waals surface area contributed by atoms with Crippen molar-refractivity contribution >= 4 is 5.97 Å². The van der Waals surface area contributed by atoms with Gasteiger partial charge in [0.1, 0.15) is 97.7 Å². The smallest absolute Gasteiger partial charge is 0.364 e. The fourth-order valence-electron chi connectivity index (χ4n) is 8.87. The second-order valence-corrected chi connectivity index (χ2v) is 17.8. The molecule has 0 aromatic rings. The largest absolute Gasteiger partial charge is 0.477 e. The predicted octanol–water partition coefficient (Wildman–Crippen LogP) is -8.91. The van der Waals surface area contributed by atoms with E-state index in [1.54, 1.807) is 0 Å². The van der Waals surface area contributed by atoms with E-state index in [9.17, 15) is 81.4 Å². The van der Waals surface area contributed by atoms with Gasteiger partial charge in [-0.2, -0.15) is 0 Å². The first-order valence-corrected chi connectivity index (χ1v) is 22.7. The highest BCUT2D eigenvalue weighted by Gasteiger charge is 2.61. The number of hydrogen-bond donors (Lipinski definition) is 17. The van der Waals surface area contributed by atoms with Gasteiger partial charge in [-0.15, -0.1) is 0 Å². The van der Waals surface area contributed by atoms with Crippen molar-refractivity contribution in [1.82, 2.24) is 0 Å². The molecule has 5 saturated heterocycles. The van der Waals surface area contributed by atoms with E-state index in [0.717, 1.165) is 19.3 Å². The molecule has 0 radical (unpaired) electrons. The topological polar surface area (TPSA) is 465 Å². The summed E-state index contributed by atoms with van der Waals surface area (Å²) in [7, 11) is 0. The number of aliphatic carboxylic acids is 1. The maximum atomic E-state index is 13.2. The van der Waals surface area contributed by atoms with Crippen LogP contribution in [0.2, 0.25) is 0 Å². The molecule has 0 spiro atoms. The first-order valence-electron chi connectivity index (χ1n) is 22.7. The zero-order valence-electron chi connectivity index (χ0n) is 37.6. The Kier molecular flexibility index (Phi) is 21.4. The molecule has 0 amide bonds. The Morgan fingerprint density at radius 3 is 1.75 bits per heavy atom. The number of unbranched alkanes of at least 4 members (excludes halogenated alkanes) is 3. The molecule has 5 heterocycles. The van der Waals surface area contributed by atoms with E-state index in [-0.39, 0.29) is 6.61 Å². The number of carboxylic acid groups (broad SMARTS) is 1. The maximum absolute atomic E-state index is 13.2. The molecule has 0 saturated carbocycles. The number of aliphatic hydroxyl groups excluding tert-OH is 14. The Balaban J connectivity index is 1.48. The predicted molar refractivity (Wildman–Crippen MR) is 219 cm³/mol. The number of aliphatic hydroxyl groups is 14. The first-order chi connectivity index (χ1) is 32.2. The fraction of sp³-hybridized carbons (Fsp3) is 0.975. The van der Waals surface area contributed by atoms with E-state index >= 15 is 0 Å². The molecule has 398 valence electrons. The van der Waals surface area contributed by atoms with Gasteiger partial charge in [0, 0.05) is 18.9 Å². The summed E-state index contributed by atoms with van der Waals surface area (Å²) < 4.78 is 58.7. The molecular weight excluding hydrogens is 924 g/mol. The molecule has 68 heavy (non-hydrogen) atoms. The molecule has 0 aliphatic carbocycles. The van der Waals surface area contributed by atoms with Gasteiger partial charge in [0.2, 0.25) is 0 Å². The minimum Gasteiger partial charge on any atom is -0.477 e. The molecule has 19 N–H and O–H groups in total.